The monoisotopic (exact) mass is 275 g/mol. The van der Waals surface area contributed by atoms with Crippen molar-refractivity contribution in [2.45, 2.75) is 6.42 Å². The summed E-state index contributed by atoms with van der Waals surface area (Å²) in [5.74, 6) is -1.29. The van der Waals surface area contributed by atoms with E-state index in [4.69, 9.17) is 5.11 Å². The fourth-order valence-corrected chi connectivity index (χ4v) is 3.39. The quantitative estimate of drug-likeness (QED) is 0.916. The lowest BCUT2D eigenvalue weighted by molar-refractivity contribution is -0.141. The maximum absolute atomic E-state index is 12.4. The molecule has 5 heteroatoms. The third kappa shape index (κ3) is 2.10. The van der Waals surface area contributed by atoms with Gasteiger partial charge in [0.2, 0.25) is 0 Å². The molecule has 1 amide bonds. The van der Waals surface area contributed by atoms with Gasteiger partial charge in [0, 0.05) is 28.6 Å². The molecular weight excluding hydrogens is 262 g/mol. The Bertz CT molecular complexity index is 649. The van der Waals surface area contributed by atoms with E-state index in [-0.39, 0.29) is 5.91 Å². The number of carboxylic acid groups (broad SMARTS) is 1. The van der Waals surface area contributed by atoms with Gasteiger partial charge in [0.05, 0.1) is 11.5 Å². The Labute approximate surface area is 114 Å². The first-order valence-electron chi connectivity index (χ1n) is 6.15. The fourth-order valence-electron chi connectivity index (χ4n) is 2.46. The maximum Gasteiger partial charge on any atom is 0.308 e. The van der Waals surface area contributed by atoms with Crippen LogP contribution in [0.3, 0.4) is 0 Å². The Morgan fingerprint density at radius 1 is 1.32 bits per heavy atom. The average Bonchev–Trinajstić information content (AvgIpc) is 3.05. The number of nitrogens with zero attached hydrogens (tertiary/aromatic N) is 1. The summed E-state index contributed by atoms with van der Waals surface area (Å²) in [4.78, 5) is 25.0. The first-order valence-corrected chi connectivity index (χ1v) is 7.03. The zero-order valence-corrected chi connectivity index (χ0v) is 11.0. The highest BCUT2D eigenvalue weighted by Gasteiger charge is 2.31. The molecule has 3 rings (SSSR count). The molecule has 2 heterocycles. The van der Waals surface area contributed by atoms with E-state index in [1.165, 1.54) is 0 Å². The minimum absolute atomic E-state index is 0.0544. The molecule has 0 spiro atoms. The van der Waals surface area contributed by atoms with E-state index in [0.717, 1.165) is 10.1 Å². The van der Waals surface area contributed by atoms with Crippen LogP contribution in [0.1, 0.15) is 16.8 Å². The Balaban J connectivity index is 1.87. The summed E-state index contributed by atoms with van der Waals surface area (Å²) in [5.41, 5.74) is 0.687. The van der Waals surface area contributed by atoms with Crippen LogP contribution in [0.15, 0.2) is 29.6 Å². The van der Waals surface area contributed by atoms with Crippen LogP contribution in [0, 0.1) is 5.92 Å². The van der Waals surface area contributed by atoms with E-state index in [1.54, 1.807) is 16.2 Å². The molecule has 1 N–H and O–H groups in total. The second-order valence-electron chi connectivity index (χ2n) is 4.72. The lowest BCUT2D eigenvalue weighted by atomic mass is 10.1. The van der Waals surface area contributed by atoms with Crippen molar-refractivity contribution in [3.63, 3.8) is 0 Å². The highest BCUT2D eigenvalue weighted by Crippen LogP contribution is 2.28. The molecule has 0 aliphatic carbocycles. The molecule has 1 saturated heterocycles. The van der Waals surface area contributed by atoms with Gasteiger partial charge in [-0.3, -0.25) is 9.59 Å². The van der Waals surface area contributed by atoms with E-state index in [2.05, 4.69) is 0 Å². The predicted octanol–water partition coefficient (Wildman–Crippen LogP) is 2.45. The zero-order valence-electron chi connectivity index (χ0n) is 10.2. The standard InChI is InChI=1S/C14H13NO3S/c16-13(15-6-5-9(7-15)14(17)18)11-8-19-12-4-2-1-3-10(11)12/h1-4,8-9H,5-7H2,(H,17,18). The van der Waals surface area contributed by atoms with Crippen LogP contribution in [0.25, 0.3) is 10.1 Å². The molecule has 98 valence electrons. The predicted molar refractivity (Wildman–Crippen MR) is 73.5 cm³/mol. The van der Waals surface area contributed by atoms with Gasteiger partial charge in [-0.15, -0.1) is 11.3 Å². The third-order valence-corrected chi connectivity index (χ3v) is 4.50. The summed E-state index contributed by atoms with van der Waals surface area (Å²) in [5, 5.41) is 11.8. The summed E-state index contributed by atoms with van der Waals surface area (Å²) < 4.78 is 1.08. The van der Waals surface area contributed by atoms with Gasteiger partial charge in [0.25, 0.3) is 5.91 Å². The van der Waals surface area contributed by atoms with Crippen molar-refractivity contribution in [2.75, 3.05) is 13.1 Å². The van der Waals surface area contributed by atoms with Crippen molar-refractivity contribution in [3.05, 3.63) is 35.2 Å². The SMILES string of the molecule is O=C(O)C1CCN(C(=O)c2csc3ccccc23)C1. The minimum atomic E-state index is -0.814. The van der Waals surface area contributed by atoms with Gasteiger partial charge in [-0.25, -0.2) is 0 Å². The molecule has 4 nitrogen and oxygen atoms in total. The smallest absolute Gasteiger partial charge is 0.308 e. The number of rotatable bonds is 2. The Morgan fingerprint density at radius 3 is 2.84 bits per heavy atom. The van der Waals surface area contributed by atoms with Crippen LogP contribution < -0.4 is 0 Å². The summed E-state index contributed by atoms with van der Waals surface area (Å²) in [6.07, 6.45) is 0.545. The Kier molecular flexibility index (Phi) is 2.98. The number of carbonyl (C=O) groups is 2. The van der Waals surface area contributed by atoms with E-state index in [9.17, 15) is 9.59 Å². The van der Waals surface area contributed by atoms with Gasteiger partial charge in [-0.05, 0) is 12.5 Å². The normalized spacial score (nSPS) is 18.9. The number of benzene rings is 1. The molecule has 2 aromatic rings. The molecule has 1 unspecified atom stereocenters. The van der Waals surface area contributed by atoms with E-state index < -0.39 is 11.9 Å². The highest BCUT2D eigenvalue weighted by atomic mass is 32.1. The summed E-state index contributed by atoms with van der Waals surface area (Å²) >= 11 is 1.54. The Morgan fingerprint density at radius 2 is 2.11 bits per heavy atom. The molecule has 1 aliphatic rings. The first kappa shape index (κ1) is 12.2. The number of likely N-dealkylation sites (tertiary alicyclic amines) is 1. The molecule has 1 atom stereocenters. The number of fused-ring (bicyclic) bond motifs is 1. The lowest BCUT2D eigenvalue weighted by Crippen LogP contribution is -2.29. The second-order valence-corrected chi connectivity index (χ2v) is 5.63. The minimum Gasteiger partial charge on any atom is -0.481 e. The van der Waals surface area contributed by atoms with Crippen molar-refractivity contribution in [1.29, 1.82) is 0 Å². The van der Waals surface area contributed by atoms with Crippen molar-refractivity contribution < 1.29 is 14.7 Å². The van der Waals surface area contributed by atoms with E-state index >= 15 is 0 Å². The van der Waals surface area contributed by atoms with Crippen LogP contribution >= 0.6 is 11.3 Å². The van der Waals surface area contributed by atoms with E-state index in [0.29, 0.717) is 25.1 Å². The molecule has 19 heavy (non-hydrogen) atoms. The molecule has 1 fully saturated rings. The van der Waals surface area contributed by atoms with Crippen LogP contribution in [0.5, 0.6) is 0 Å². The number of carbonyl (C=O) groups excluding carboxylic acids is 1. The van der Waals surface area contributed by atoms with Crippen LogP contribution in [0.2, 0.25) is 0 Å². The number of thiophene rings is 1. The molecule has 0 bridgehead atoms. The summed E-state index contributed by atoms with van der Waals surface area (Å²) in [6.45, 7) is 0.846. The van der Waals surface area contributed by atoms with Gasteiger partial charge < -0.3 is 10.0 Å². The number of carboxylic acids is 1. The van der Waals surface area contributed by atoms with E-state index in [1.807, 2.05) is 29.6 Å². The molecule has 0 saturated carbocycles. The van der Waals surface area contributed by atoms with Gasteiger partial charge in [-0.2, -0.15) is 0 Å². The maximum atomic E-state index is 12.4. The number of hydrogen-bond donors (Lipinski definition) is 1. The zero-order chi connectivity index (χ0) is 13.4. The topological polar surface area (TPSA) is 57.6 Å². The average molecular weight is 275 g/mol. The van der Waals surface area contributed by atoms with Gasteiger partial charge in [-0.1, -0.05) is 18.2 Å². The molecule has 1 aromatic carbocycles. The number of aliphatic carboxylic acids is 1. The lowest BCUT2D eigenvalue weighted by Gasteiger charge is -2.15. The number of hydrogen-bond acceptors (Lipinski definition) is 3. The van der Waals surface area contributed by atoms with Crippen molar-refractivity contribution in [1.82, 2.24) is 4.90 Å². The van der Waals surface area contributed by atoms with Crippen molar-refractivity contribution >= 4 is 33.3 Å². The number of amides is 1. The summed E-state index contributed by atoms with van der Waals surface area (Å²) in [7, 11) is 0. The van der Waals surface area contributed by atoms with Crippen LogP contribution in [-0.4, -0.2) is 35.0 Å². The second kappa shape index (κ2) is 4.66. The van der Waals surface area contributed by atoms with Crippen molar-refractivity contribution in [3.8, 4) is 0 Å². The third-order valence-electron chi connectivity index (χ3n) is 3.54. The molecule has 1 aliphatic heterocycles. The Hall–Kier alpha value is -1.88. The van der Waals surface area contributed by atoms with Gasteiger partial charge in [0.1, 0.15) is 0 Å². The first-order chi connectivity index (χ1) is 9.16. The van der Waals surface area contributed by atoms with Gasteiger partial charge >= 0.3 is 5.97 Å². The molecule has 0 radical (unpaired) electrons. The molecule has 1 aromatic heterocycles. The largest absolute Gasteiger partial charge is 0.481 e. The fraction of sp³-hybridized carbons (Fsp3) is 0.286. The van der Waals surface area contributed by atoms with Crippen LogP contribution in [-0.2, 0) is 4.79 Å². The van der Waals surface area contributed by atoms with Crippen LogP contribution in [0.4, 0.5) is 0 Å². The highest BCUT2D eigenvalue weighted by molar-refractivity contribution is 7.17. The van der Waals surface area contributed by atoms with Crippen molar-refractivity contribution in [2.24, 2.45) is 5.92 Å². The summed E-state index contributed by atoms with van der Waals surface area (Å²) in [6, 6.07) is 7.78. The van der Waals surface area contributed by atoms with Gasteiger partial charge in [0.15, 0.2) is 0 Å². The molecular formula is C14H13NO3S.